The minimum absolute atomic E-state index is 0.00331. The van der Waals surface area contributed by atoms with Crippen molar-refractivity contribution in [1.29, 1.82) is 0 Å². The Morgan fingerprint density at radius 1 is 1.03 bits per heavy atom. The first-order valence-corrected chi connectivity index (χ1v) is 11.4. The zero-order valence-electron chi connectivity index (χ0n) is 19.9. The van der Waals surface area contributed by atoms with Crippen LogP contribution in [-0.2, 0) is 0 Å². The van der Waals surface area contributed by atoms with Gasteiger partial charge in [0.1, 0.15) is 11.6 Å². The van der Waals surface area contributed by atoms with Gasteiger partial charge in [-0.15, -0.1) is 0 Å². The molecule has 38 heavy (non-hydrogen) atoms. The lowest BCUT2D eigenvalue weighted by atomic mass is 9.97. The number of aromatic amines is 1. The van der Waals surface area contributed by atoms with Gasteiger partial charge < -0.3 is 21.0 Å². The molecule has 13 heteroatoms. The fourth-order valence-electron chi connectivity index (χ4n) is 3.75. The number of nitrogens with one attached hydrogen (secondary N) is 2. The summed E-state index contributed by atoms with van der Waals surface area (Å²) in [4.78, 5) is 15.5. The average molecular weight is 541 g/mol. The molecular formula is C25H25F6N5O2. The number of pyridine rings is 1. The zero-order valence-corrected chi connectivity index (χ0v) is 19.9. The van der Waals surface area contributed by atoms with Gasteiger partial charge in [0.25, 0.3) is 12.0 Å². The number of hydrogen-bond donors (Lipinski definition) is 4. The Hall–Kier alpha value is -4.00. The van der Waals surface area contributed by atoms with Crippen LogP contribution in [0.4, 0.5) is 26.3 Å². The van der Waals surface area contributed by atoms with Crippen molar-refractivity contribution in [2.24, 2.45) is 16.8 Å². The predicted molar refractivity (Wildman–Crippen MR) is 131 cm³/mol. The number of halogens is 6. The van der Waals surface area contributed by atoms with Gasteiger partial charge in [0, 0.05) is 29.2 Å². The quantitative estimate of drug-likeness (QED) is 0.0687. The molecule has 0 amide bonds. The normalized spacial score (nSPS) is 12.2. The predicted octanol–water partition coefficient (Wildman–Crippen LogP) is 5.37. The van der Waals surface area contributed by atoms with Crippen LogP contribution in [0.25, 0.3) is 22.4 Å². The molecule has 0 fully saturated rings. The molecule has 0 saturated carbocycles. The van der Waals surface area contributed by atoms with E-state index in [1.165, 1.54) is 42.5 Å². The molecule has 0 saturated heterocycles. The molecule has 7 nitrogen and oxygen atoms in total. The van der Waals surface area contributed by atoms with Crippen LogP contribution in [0.5, 0.6) is 5.75 Å². The van der Waals surface area contributed by atoms with E-state index in [0.29, 0.717) is 18.4 Å². The molecule has 0 aliphatic heterocycles. The van der Waals surface area contributed by atoms with E-state index in [1.54, 1.807) is 0 Å². The number of alkyl halides is 5. The minimum atomic E-state index is -4.20. The third kappa shape index (κ3) is 7.28. The lowest BCUT2D eigenvalue weighted by Crippen LogP contribution is -2.36. The molecule has 6 N–H and O–H groups in total. The number of hydrazine groups is 1. The molecule has 0 bridgehead atoms. The smallest absolute Gasteiger partial charge is 0.389 e. The van der Waals surface area contributed by atoms with Gasteiger partial charge in [0.15, 0.2) is 5.84 Å². The summed E-state index contributed by atoms with van der Waals surface area (Å²) in [6, 6.07) is 10.4. The molecule has 204 valence electrons. The SMILES string of the molecule is N/N=C(\NN)c1c(-c2ccc(C(F)F)cc2)cc(-c2ccc(OCCCCCC(F)(F)F)cc2F)[nH]c1=O. The van der Waals surface area contributed by atoms with Crippen molar-refractivity contribution >= 4 is 5.84 Å². The number of rotatable bonds is 10. The van der Waals surface area contributed by atoms with Crippen molar-refractivity contribution in [2.45, 2.75) is 38.3 Å². The van der Waals surface area contributed by atoms with Crippen LogP contribution in [0.3, 0.4) is 0 Å². The molecule has 3 aromatic rings. The number of hydrazone groups is 1. The minimum Gasteiger partial charge on any atom is -0.493 e. The van der Waals surface area contributed by atoms with Crippen LogP contribution in [0, 0.1) is 5.82 Å². The molecule has 0 aliphatic rings. The van der Waals surface area contributed by atoms with E-state index in [9.17, 15) is 26.7 Å². The molecule has 0 aliphatic carbocycles. The molecule has 0 unspecified atom stereocenters. The fourth-order valence-corrected chi connectivity index (χ4v) is 3.75. The number of amidine groups is 1. The van der Waals surface area contributed by atoms with Crippen molar-refractivity contribution in [3.05, 3.63) is 75.8 Å². The number of unbranched alkanes of at least 4 members (excludes halogenated alkanes) is 2. The number of benzene rings is 2. The second-order valence-corrected chi connectivity index (χ2v) is 8.26. The maximum Gasteiger partial charge on any atom is 0.389 e. The van der Waals surface area contributed by atoms with Crippen LogP contribution in [0.15, 0.2) is 58.4 Å². The topological polar surface area (TPSA) is 119 Å². The van der Waals surface area contributed by atoms with Gasteiger partial charge in [0.2, 0.25) is 0 Å². The summed E-state index contributed by atoms with van der Waals surface area (Å²) < 4.78 is 83.1. The summed E-state index contributed by atoms with van der Waals surface area (Å²) in [6.45, 7) is 0.105. The van der Waals surface area contributed by atoms with Crippen LogP contribution in [-0.4, -0.2) is 23.6 Å². The highest BCUT2D eigenvalue weighted by Gasteiger charge is 2.25. The second-order valence-electron chi connectivity index (χ2n) is 8.26. The Kier molecular flexibility index (Phi) is 9.40. The molecule has 0 spiro atoms. The van der Waals surface area contributed by atoms with Crippen molar-refractivity contribution in [1.82, 2.24) is 10.4 Å². The summed E-state index contributed by atoms with van der Waals surface area (Å²) in [5.74, 6) is 10.0. The van der Waals surface area contributed by atoms with Gasteiger partial charge in [-0.3, -0.25) is 4.79 Å². The Morgan fingerprint density at radius 2 is 1.74 bits per heavy atom. The van der Waals surface area contributed by atoms with Gasteiger partial charge in [-0.25, -0.2) is 19.0 Å². The van der Waals surface area contributed by atoms with E-state index >= 15 is 4.39 Å². The summed E-state index contributed by atoms with van der Waals surface area (Å²) in [6.07, 6.45) is -7.12. The Morgan fingerprint density at radius 3 is 2.32 bits per heavy atom. The molecular weight excluding hydrogens is 516 g/mol. The standard InChI is InChI=1S/C25H25F6N5O2/c26-19-12-16(38-11-3-1-2-10-25(29,30)31)8-9-17(19)20-13-18(14-4-6-15(7-5-14)22(27)28)21(24(37)34-20)23(35-32)36-33/h4-9,12-13,22H,1-3,10-11,32-33H2,(H,34,37)(H,35,36). The van der Waals surface area contributed by atoms with Crippen LogP contribution >= 0.6 is 0 Å². The number of aromatic nitrogens is 1. The highest BCUT2D eigenvalue weighted by atomic mass is 19.4. The van der Waals surface area contributed by atoms with Crippen molar-refractivity contribution in [2.75, 3.05) is 6.61 Å². The largest absolute Gasteiger partial charge is 0.493 e. The van der Waals surface area contributed by atoms with Gasteiger partial charge in [-0.1, -0.05) is 24.3 Å². The summed E-state index contributed by atoms with van der Waals surface area (Å²) in [7, 11) is 0. The third-order valence-corrected chi connectivity index (χ3v) is 5.61. The molecule has 0 radical (unpaired) electrons. The number of hydrogen-bond acceptors (Lipinski definition) is 5. The van der Waals surface area contributed by atoms with E-state index in [2.05, 4.69) is 15.5 Å². The first-order valence-electron chi connectivity index (χ1n) is 11.4. The highest BCUT2D eigenvalue weighted by Crippen LogP contribution is 2.31. The van der Waals surface area contributed by atoms with Gasteiger partial charge >= 0.3 is 6.18 Å². The average Bonchev–Trinajstić information content (AvgIpc) is 2.87. The van der Waals surface area contributed by atoms with E-state index in [1.807, 2.05) is 0 Å². The molecule has 0 atom stereocenters. The van der Waals surface area contributed by atoms with Crippen LogP contribution < -0.4 is 27.4 Å². The molecule has 3 rings (SSSR count). The fraction of sp³-hybridized carbons (Fsp3) is 0.280. The van der Waals surface area contributed by atoms with Gasteiger partial charge in [-0.05, 0) is 43.0 Å². The second kappa shape index (κ2) is 12.5. The Balaban J connectivity index is 1.88. The van der Waals surface area contributed by atoms with Crippen molar-refractivity contribution in [3.8, 4) is 28.1 Å². The monoisotopic (exact) mass is 541 g/mol. The molecule has 1 heterocycles. The zero-order chi connectivity index (χ0) is 27.9. The number of nitrogens with zero attached hydrogens (tertiary/aromatic N) is 1. The molecule has 2 aromatic carbocycles. The number of nitrogens with two attached hydrogens (primary N) is 2. The summed E-state index contributed by atoms with van der Waals surface area (Å²) in [5, 5.41) is 3.45. The third-order valence-electron chi connectivity index (χ3n) is 5.61. The van der Waals surface area contributed by atoms with E-state index in [-0.39, 0.29) is 52.6 Å². The maximum absolute atomic E-state index is 15.0. The number of H-pyrrole nitrogens is 1. The van der Waals surface area contributed by atoms with Crippen molar-refractivity contribution < 1.29 is 31.1 Å². The Bertz CT molecular complexity index is 1320. The van der Waals surface area contributed by atoms with Gasteiger partial charge in [-0.2, -0.15) is 18.3 Å². The number of ether oxygens (including phenoxy) is 1. The van der Waals surface area contributed by atoms with E-state index in [0.717, 1.165) is 6.07 Å². The van der Waals surface area contributed by atoms with Crippen LogP contribution in [0.1, 0.15) is 43.2 Å². The van der Waals surface area contributed by atoms with Crippen LogP contribution in [0.2, 0.25) is 0 Å². The summed E-state index contributed by atoms with van der Waals surface area (Å²) >= 11 is 0. The van der Waals surface area contributed by atoms with Crippen molar-refractivity contribution in [3.63, 3.8) is 0 Å². The maximum atomic E-state index is 15.0. The van der Waals surface area contributed by atoms with Gasteiger partial charge in [0.05, 0.1) is 17.9 Å². The lowest BCUT2D eigenvalue weighted by molar-refractivity contribution is -0.135. The summed E-state index contributed by atoms with van der Waals surface area (Å²) in [5.41, 5.74) is 1.78. The van der Waals surface area contributed by atoms with E-state index < -0.39 is 30.4 Å². The first-order chi connectivity index (χ1) is 18.0. The highest BCUT2D eigenvalue weighted by molar-refractivity contribution is 6.04. The Labute approximate surface area is 213 Å². The molecule has 1 aromatic heterocycles. The van der Waals surface area contributed by atoms with E-state index in [4.69, 9.17) is 16.4 Å². The lowest BCUT2D eigenvalue weighted by Gasteiger charge is -2.14. The first kappa shape index (κ1) is 28.6.